The van der Waals surface area contributed by atoms with E-state index in [1.165, 1.54) is 18.2 Å². The third-order valence-corrected chi connectivity index (χ3v) is 4.32. The van der Waals surface area contributed by atoms with Gasteiger partial charge in [-0.3, -0.25) is 9.69 Å². The van der Waals surface area contributed by atoms with Crippen LogP contribution in [0.25, 0.3) is 0 Å². The SMILES string of the molecule is COC(=O)C1CCN(CC2OCCc3ccccc32)C1. The van der Waals surface area contributed by atoms with Crippen LogP contribution in [-0.4, -0.2) is 44.2 Å². The van der Waals surface area contributed by atoms with E-state index in [2.05, 4.69) is 29.2 Å². The summed E-state index contributed by atoms with van der Waals surface area (Å²) < 4.78 is 10.8. The van der Waals surface area contributed by atoms with Crippen LogP contribution in [0, 0.1) is 5.92 Å². The minimum atomic E-state index is -0.0857. The van der Waals surface area contributed by atoms with Gasteiger partial charge in [-0.15, -0.1) is 0 Å². The van der Waals surface area contributed by atoms with Crippen LogP contribution in [0.1, 0.15) is 23.7 Å². The van der Waals surface area contributed by atoms with E-state index in [4.69, 9.17) is 9.47 Å². The molecule has 2 aliphatic rings. The molecule has 4 nitrogen and oxygen atoms in total. The first kappa shape index (κ1) is 13.6. The molecule has 0 N–H and O–H groups in total. The first-order valence-corrected chi connectivity index (χ1v) is 7.27. The molecule has 0 aliphatic carbocycles. The highest BCUT2D eigenvalue weighted by Gasteiger charge is 2.31. The molecule has 0 radical (unpaired) electrons. The Labute approximate surface area is 119 Å². The van der Waals surface area contributed by atoms with Crippen LogP contribution in [0.3, 0.4) is 0 Å². The Bertz CT molecular complexity index is 488. The van der Waals surface area contributed by atoms with Crippen molar-refractivity contribution in [2.45, 2.75) is 18.9 Å². The maximum absolute atomic E-state index is 11.6. The molecule has 2 atom stereocenters. The standard InChI is InChI=1S/C16H21NO3/c1-19-16(18)13-6-8-17(10-13)11-15-14-5-3-2-4-12(14)7-9-20-15/h2-5,13,15H,6-11H2,1H3. The molecule has 1 saturated heterocycles. The lowest BCUT2D eigenvalue weighted by atomic mass is 9.97. The van der Waals surface area contributed by atoms with Crippen LogP contribution in [-0.2, 0) is 20.7 Å². The molecule has 1 aromatic rings. The van der Waals surface area contributed by atoms with Crippen LogP contribution in [0.2, 0.25) is 0 Å². The summed E-state index contributed by atoms with van der Waals surface area (Å²) >= 11 is 0. The van der Waals surface area contributed by atoms with E-state index in [1.807, 2.05) is 0 Å². The molecule has 108 valence electrons. The number of esters is 1. The van der Waals surface area contributed by atoms with E-state index < -0.39 is 0 Å². The van der Waals surface area contributed by atoms with Crippen molar-refractivity contribution in [1.82, 2.24) is 4.90 Å². The molecule has 3 rings (SSSR count). The highest BCUT2D eigenvalue weighted by atomic mass is 16.5. The molecule has 2 unspecified atom stereocenters. The number of carbonyl (C=O) groups excluding carboxylic acids is 1. The molecule has 20 heavy (non-hydrogen) atoms. The Morgan fingerprint density at radius 3 is 3.15 bits per heavy atom. The fourth-order valence-corrected chi connectivity index (χ4v) is 3.22. The Morgan fingerprint density at radius 2 is 2.30 bits per heavy atom. The fourth-order valence-electron chi connectivity index (χ4n) is 3.22. The average Bonchev–Trinajstić information content (AvgIpc) is 2.95. The maximum Gasteiger partial charge on any atom is 0.310 e. The van der Waals surface area contributed by atoms with Gasteiger partial charge in [0.2, 0.25) is 0 Å². The van der Waals surface area contributed by atoms with E-state index in [0.717, 1.165) is 39.1 Å². The van der Waals surface area contributed by atoms with Gasteiger partial charge >= 0.3 is 5.97 Å². The number of carbonyl (C=O) groups is 1. The number of nitrogens with zero attached hydrogens (tertiary/aromatic N) is 1. The lowest BCUT2D eigenvalue weighted by Crippen LogP contribution is -2.31. The zero-order valence-corrected chi connectivity index (χ0v) is 11.9. The number of ether oxygens (including phenoxy) is 2. The van der Waals surface area contributed by atoms with Crippen molar-refractivity contribution in [3.8, 4) is 0 Å². The summed E-state index contributed by atoms with van der Waals surface area (Å²) in [4.78, 5) is 13.9. The minimum Gasteiger partial charge on any atom is -0.469 e. The number of likely N-dealkylation sites (tertiary alicyclic amines) is 1. The van der Waals surface area contributed by atoms with Crippen molar-refractivity contribution >= 4 is 5.97 Å². The van der Waals surface area contributed by atoms with Crippen LogP contribution in [0.5, 0.6) is 0 Å². The Kier molecular flexibility index (Phi) is 4.03. The van der Waals surface area contributed by atoms with Gasteiger partial charge in [-0.1, -0.05) is 24.3 Å². The van der Waals surface area contributed by atoms with Crippen molar-refractivity contribution < 1.29 is 14.3 Å². The largest absolute Gasteiger partial charge is 0.469 e. The molecular weight excluding hydrogens is 254 g/mol. The lowest BCUT2D eigenvalue weighted by molar-refractivity contribution is -0.145. The van der Waals surface area contributed by atoms with Crippen LogP contribution < -0.4 is 0 Å². The lowest BCUT2D eigenvalue weighted by Gasteiger charge is -2.29. The second-order valence-electron chi connectivity index (χ2n) is 5.58. The molecule has 2 heterocycles. The second-order valence-corrected chi connectivity index (χ2v) is 5.58. The highest BCUT2D eigenvalue weighted by Crippen LogP contribution is 2.29. The van der Waals surface area contributed by atoms with E-state index in [1.54, 1.807) is 0 Å². The van der Waals surface area contributed by atoms with Gasteiger partial charge < -0.3 is 9.47 Å². The van der Waals surface area contributed by atoms with E-state index in [0.29, 0.717) is 0 Å². The van der Waals surface area contributed by atoms with E-state index in [-0.39, 0.29) is 18.0 Å². The number of hydrogen-bond acceptors (Lipinski definition) is 4. The van der Waals surface area contributed by atoms with Gasteiger partial charge in [-0.2, -0.15) is 0 Å². The number of fused-ring (bicyclic) bond motifs is 1. The van der Waals surface area contributed by atoms with Crippen LogP contribution >= 0.6 is 0 Å². The third-order valence-electron chi connectivity index (χ3n) is 4.32. The number of hydrogen-bond donors (Lipinski definition) is 0. The summed E-state index contributed by atoms with van der Waals surface area (Å²) in [6, 6.07) is 8.51. The average molecular weight is 275 g/mol. The van der Waals surface area contributed by atoms with Gasteiger partial charge in [-0.25, -0.2) is 0 Å². The quantitative estimate of drug-likeness (QED) is 0.788. The van der Waals surface area contributed by atoms with Crippen molar-refractivity contribution in [3.05, 3.63) is 35.4 Å². The number of methoxy groups -OCH3 is 1. The molecule has 1 fully saturated rings. The summed E-state index contributed by atoms with van der Waals surface area (Å²) in [6.45, 7) is 3.39. The third kappa shape index (κ3) is 2.72. The van der Waals surface area contributed by atoms with Gasteiger partial charge in [0, 0.05) is 13.1 Å². The first-order chi connectivity index (χ1) is 9.78. The summed E-state index contributed by atoms with van der Waals surface area (Å²) in [5, 5.41) is 0. The summed E-state index contributed by atoms with van der Waals surface area (Å²) in [5.74, 6) is -0.0590. The van der Waals surface area contributed by atoms with Gasteiger partial charge in [0.05, 0.1) is 25.7 Å². The van der Waals surface area contributed by atoms with E-state index in [9.17, 15) is 4.79 Å². The summed E-state index contributed by atoms with van der Waals surface area (Å²) in [6.07, 6.45) is 2.02. The molecule has 4 heteroatoms. The molecule has 0 amide bonds. The number of benzene rings is 1. The van der Waals surface area contributed by atoms with Gasteiger partial charge in [0.15, 0.2) is 0 Å². The second kappa shape index (κ2) is 5.94. The topological polar surface area (TPSA) is 38.8 Å². The normalized spacial score (nSPS) is 26.2. The zero-order chi connectivity index (χ0) is 13.9. The Morgan fingerprint density at radius 1 is 1.45 bits per heavy atom. The highest BCUT2D eigenvalue weighted by molar-refractivity contribution is 5.72. The molecular formula is C16H21NO3. The Hall–Kier alpha value is -1.39. The van der Waals surface area contributed by atoms with Gasteiger partial charge in [0.25, 0.3) is 0 Å². The van der Waals surface area contributed by atoms with Crippen molar-refractivity contribution in [3.63, 3.8) is 0 Å². The maximum atomic E-state index is 11.6. The smallest absolute Gasteiger partial charge is 0.310 e. The Balaban J connectivity index is 1.64. The van der Waals surface area contributed by atoms with Crippen molar-refractivity contribution in [1.29, 1.82) is 0 Å². The molecule has 0 spiro atoms. The first-order valence-electron chi connectivity index (χ1n) is 7.27. The number of rotatable bonds is 3. The fraction of sp³-hybridized carbons (Fsp3) is 0.562. The minimum absolute atomic E-state index is 0.0267. The van der Waals surface area contributed by atoms with Crippen molar-refractivity contribution in [2.24, 2.45) is 5.92 Å². The van der Waals surface area contributed by atoms with Crippen LogP contribution in [0.15, 0.2) is 24.3 Å². The molecule has 0 saturated carbocycles. The predicted octanol–water partition coefficient (Wildman–Crippen LogP) is 1.80. The van der Waals surface area contributed by atoms with Gasteiger partial charge in [-0.05, 0) is 30.5 Å². The molecule has 0 bridgehead atoms. The zero-order valence-electron chi connectivity index (χ0n) is 11.9. The molecule has 2 aliphatic heterocycles. The van der Waals surface area contributed by atoms with E-state index >= 15 is 0 Å². The van der Waals surface area contributed by atoms with Crippen molar-refractivity contribution in [2.75, 3.05) is 33.4 Å². The predicted molar refractivity (Wildman–Crippen MR) is 75.4 cm³/mol. The molecule has 1 aromatic carbocycles. The molecule has 0 aromatic heterocycles. The monoisotopic (exact) mass is 275 g/mol. The van der Waals surface area contributed by atoms with Gasteiger partial charge in [0.1, 0.15) is 0 Å². The summed E-state index contributed by atoms with van der Waals surface area (Å²) in [7, 11) is 1.46. The summed E-state index contributed by atoms with van der Waals surface area (Å²) in [5.41, 5.74) is 2.70. The van der Waals surface area contributed by atoms with Crippen LogP contribution in [0.4, 0.5) is 0 Å².